The van der Waals surface area contributed by atoms with Crippen molar-refractivity contribution in [1.82, 2.24) is 0 Å². The maximum absolute atomic E-state index is 12.0. The van der Waals surface area contributed by atoms with Gasteiger partial charge in [-0.2, -0.15) is 0 Å². The van der Waals surface area contributed by atoms with Crippen LogP contribution in [0.2, 0.25) is 10.0 Å². The van der Waals surface area contributed by atoms with Gasteiger partial charge in [0.1, 0.15) is 0 Å². The average molecular weight is 411 g/mol. The van der Waals surface area contributed by atoms with Crippen molar-refractivity contribution in [3.05, 3.63) is 64.1 Å². The van der Waals surface area contributed by atoms with Crippen LogP contribution < -0.4 is 9.62 Å². The van der Waals surface area contributed by atoms with Gasteiger partial charge in [-0.1, -0.05) is 35.3 Å². The molecule has 136 valence electrons. The van der Waals surface area contributed by atoms with E-state index in [2.05, 4.69) is 5.32 Å². The van der Waals surface area contributed by atoms with Crippen molar-refractivity contribution in [2.24, 2.45) is 0 Å². The predicted octanol–water partition coefficient (Wildman–Crippen LogP) is 4.19. The minimum atomic E-state index is -3.19. The maximum atomic E-state index is 12.0. The summed E-state index contributed by atoms with van der Waals surface area (Å²) in [6.07, 6.45) is 3.66. The van der Waals surface area contributed by atoms with Gasteiger partial charge in [0.05, 0.1) is 11.4 Å². The molecule has 0 atom stereocenters. The molecule has 1 aliphatic rings. The van der Waals surface area contributed by atoms with Crippen molar-refractivity contribution in [1.29, 1.82) is 0 Å². The third-order valence-electron chi connectivity index (χ3n) is 3.84. The summed E-state index contributed by atoms with van der Waals surface area (Å²) < 4.78 is 25.3. The molecule has 0 spiro atoms. The van der Waals surface area contributed by atoms with E-state index in [0.717, 1.165) is 5.56 Å². The van der Waals surface area contributed by atoms with E-state index in [1.54, 1.807) is 48.5 Å². The highest BCUT2D eigenvalue weighted by Gasteiger charge is 2.28. The summed E-state index contributed by atoms with van der Waals surface area (Å²) in [7, 11) is -3.19. The zero-order valence-electron chi connectivity index (χ0n) is 13.7. The van der Waals surface area contributed by atoms with E-state index in [1.165, 1.54) is 10.4 Å². The van der Waals surface area contributed by atoms with Crippen molar-refractivity contribution >= 4 is 56.6 Å². The number of rotatable bonds is 4. The highest BCUT2D eigenvalue weighted by atomic mass is 35.5. The Hall–Kier alpha value is -2.02. The number of anilines is 2. The van der Waals surface area contributed by atoms with E-state index < -0.39 is 10.0 Å². The van der Waals surface area contributed by atoms with Crippen molar-refractivity contribution in [3.63, 3.8) is 0 Å². The first-order chi connectivity index (χ1) is 12.3. The maximum Gasteiger partial charge on any atom is 0.248 e. The van der Waals surface area contributed by atoms with Gasteiger partial charge in [0, 0.05) is 28.4 Å². The molecule has 0 radical (unpaired) electrons. The number of nitrogens with one attached hydrogen (secondary N) is 1. The third-order valence-corrected chi connectivity index (χ3v) is 6.14. The van der Waals surface area contributed by atoms with Gasteiger partial charge >= 0.3 is 0 Å². The summed E-state index contributed by atoms with van der Waals surface area (Å²) >= 11 is 11.8. The summed E-state index contributed by atoms with van der Waals surface area (Å²) in [6.45, 7) is 0.502. The first kappa shape index (κ1) is 18.8. The zero-order valence-corrected chi connectivity index (χ0v) is 16.0. The van der Waals surface area contributed by atoms with Crippen LogP contribution in [0, 0.1) is 0 Å². The van der Waals surface area contributed by atoms with Gasteiger partial charge in [-0.25, -0.2) is 8.42 Å². The number of hydrogen-bond acceptors (Lipinski definition) is 3. The van der Waals surface area contributed by atoms with E-state index in [4.69, 9.17) is 23.2 Å². The molecule has 0 saturated carbocycles. The predicted molar refractivity (Wildman–Crippen MR) is 106 cm³/mol. The van der Waals surface area contributed by atoms with E-state index in [0.29, 0.717) is 34.4 Å². The Labute approximate surface area is 162 Å². The monoisotopic (exact) mass is 410 g/mol. The van der Waals surface area contributed by atoms with Crippen LogP contribution in [0.3, 0.4) is 0 Å². The van der Waals surface area contributed by atoms with Crippen LogP contribution in [-0.2, 0) is 14.8 Å². The summed E-state index contributed by atoms with van der Waals surface area (Å²) in [4.78, 5) is 12.0. The van der Waals surface area contributed by atoms with Gasteiger partial charge in [-0.05, 0) is 48.4 Å². The number of halogens is 2. The molecule has 0 bridgehead atoms. The lowest BCUT2D eigenvalue weighted by molar-refractivity contribution is -0.111. The zero-order chi connectivity index (χ0) is 18.7. The van der Waals surface area contributed by atoms with Crippen molar-refractivity contribution in [3.8, 4) is 0 Å². The van der Waals surface area contributed by atoms with Crippen LogP contribution in [-0.4, -0.2) is 26.6 Å². The largest absolute Gasteiger partial charge is 0.322 e. The van der Waals surface area contributed by atoms with Gasteiger partial charge in [0.2, 0.25) is 15.9 Å². The lowest BCUT2D eigenvalue weighted by Crippen LogP contribution is -2.24. The van der Waals surface area contributed by atoms with Crippen LogP contribution >= 0.6 is 23.2 Å². The van der Waals surface area contributed by atoms with Crippen molar-refractivity contribution in [2.45, 2.75) is 6.42 Å². The number of amides is 1. The summed E-state index contributed by atoms with van der Waals surface area (Å²) in [5.74, 6) is -0.142. The molecule has 1 N–H and O–H groups in total. The molecule has 0 aliphatic carbocycles. The topological polar surface area (TPSA) is 66.5 Å². The minimum absolute atomic E-state index is 0.183. The molecule has 1 amide bonds. The molecule has 1 fully saturated rings. The first-order valence-corrected chi connectivity index (χ1v) is 10.3. The van der Waals surface area contributed by atoms with Crippen LogP contribution in [0.15, 0.2) is 48.5 Å². The number of hydrogen-bond donors (Lipinski definition) is 1. The SMILES string of the molecule is O=C(/C=C/c1ccc(N2CCCS2(=O)=O)cc1)Nc1cc(Cl)cc(Cl)c1. The van der Waals surface area contributed by atoms with Gasteiger partial charge in [-0.3, -0.25) is 9.10 Å². The Morgan fingerprint density at radius 3 is 2.31 bits per heavy atom. The highest BCUT2D eigenvalue weighted by Crippen LogP contribution is 2.25. The van der Waals surface area contributed by atoms with Gasteiger partial charge in [0.25, 0.3) is 0 Å². The lowest BCUT2D eigenvalue weighted by Gasteiger charge is -2.16. The number of nitrogens with zero attached hydrogens (tertiary/aromatic N) is 1. The normalized spacial score (nSPS) is 16.2. The Balaban J connectivity index is 1.66. The van der Waals surface area contributed by atoms with E-state index in [9.17, 15) is 13.2 Å². The fourth-order valence-electron chi connectivity index (χ4n) is 2.66. The van der Waals surface area contributed by atoms with Gasteiger partial charge < -0.3 is 5.32 Å². The van der Waals surface area contributed by atoms with Crippen molar-refractivity contribution < 1.29 is 13.2 Å². The first-order valence-electron chi connectivity index (χ1n) is 7.89. The van der Waals surface area contributed by atoms with E-state index >= 15 is 0 Å². The second-order valence-electron chi connectivity index (χ2n) is 5.81. The molecule has 2 aromatic carbocycles. The fourth-order valence-corrected chi connectivity index (χ4v) is 4.75. The molecule has 26 heavy (non-hydrogen) atoms. The van der Waals surface area contributed by atoms with Gasteiger partial charge in [-0.15, -0.1) is 0 Å². The molecular formula is C18H16Cl2N2O3S. The molecule has 1 saturated heterocycles. The van der Waals surface area contributed by atoms with Gasteiger partial charge in [0.15, 0.2) is 0 Å². The quantitative estimate of drug-likeness (QED) is 0.768. The van der Waals surface area contributed by atoms with E-state index in [-0.39, 0.29) is 11.7 Å². The van der Waals surface area contributed by atoms with Crippen LogP contribution in [0.1, 0.15) is 12.0 Å². The smallest absolute Gasteiger partial charge is 0.248 e. The number of sulfonamides is 1. The Bertz CT molecular complexity index is 937. The molecule has 5 nitrogen and oxygen atoms in total. The molecule has 0 aromatic heterocycles. The molecule has 2 aromatic rings. The molecule has 1 heterocycles. The second kappa shape index (κ2) is 7.70. The summed E-state index contributed by atoms with van der Waals surface area (Å²) in [5.41, 5.74) is 1.93. The van der Waals surface area contributed by atoms with Crippen LogP contribution in [0.5, 0.6) is 0 Å². The molecule has 1 aliphatic heterocycles. The van der Waals surface area contributed by atoms with Crippen LogP contribution in [0.25, 0.3) is 6.08 Å². The number of carbonyl (C=O) groups is 1. The molecule has 3 rings (SSSR count). The number of carbonyl (C=O) groups excluding carboxylic acids is 1. The molecular weight excluding hydrogens is 395 g/mol. The Kier molecular flexibility index (Phi) is 5.55. The Morgan fingerprint density at radius 2 is 1.73 bits per heavy atom. The number of benzene rings is 2. The molecule has 0 unspecified atom stereocenters. The summed E-state index contributed by atoms with van der Waals surface area (Å²) in [5, 5.41) is 3.55. The second-order valence-corrected chi connectivity index (χ2v) is 8.70. The minimum Gasteiger partial charge on any atom is -0.322 e. The summed E-state index contributed by atoms with van der Waals surface area (Å²) in [6, 6.07) is 11.8. The highest BCUT2D eigenvalue weighted by molar-refractivity contribution is 7.93. The standard InChI is InChI=1S/C18H16Cl2N2O3S/c19-14-10-15(20)12-16(11-14)21-18(23)7-4-13-2-5-17(6-3-13)22-8-1-9-26(22,24)25/h2-7,10-12H,1,8-9H2,(H,21,23)/b7-4+. The average Bonchev–Trinajstić information content (AvgIpc) is 2.92. The lowest BCUT2D eigenvalue weighted by atomic mass is 10.2. The van der Waals surface area contributed by atoms with Crippen molar-refractivity contribution in [2.75, 3.05) is 21.9 Å². The van der Waals surface area contributed by atoms with Crippen LogP contribution in [0.4, 0.5) is 11.4 Å². The molecule has 8 heteroatoms. The Morgan fingerprint density at radius 1 is 1.08 bits per heavy atom. The fraction of sp³-hybridized carbons (Fsp3) is 0.167. The third kappa shape index (κ3) is 4.58. The van der Waals surface area contributed by atoms with E-state index in [1.807, 2.05) is 0 Å².